The van der Waals surface area contributed by atoms with Crippen molar-refractivity contribution in [3.63, 3.8) is 0 Å². The lowest BCUT2D eigenvalue weighted by atomic mass is 10.0. The van der Waals surface area contributed by atoms with Gasteiger partial charge in [-0.05, 0) is 13.8 Å². The van der Waals surface area contributed by atoms with Crippen molar-refractivity contribution in [3.05, 3.63) is 0 Å². The van der Waals surface area contributed by atoms with Gasteiger partial charge in [-0.15, -0.1) is 0 Å². The number of carbonyl (C=O) groups excluding carboxylic acids is 1. The highest BCUT2D eigenvalue weighted by atomic mass is 16.4. The standard InChI is InChI=1S/C9H20N2O6/c1-4(2)10-11-9(17)8(16)7(15)6(14)5(13)3-12/h4-8,10,12-16H,3H2,1-2H3,(H,11,17)/t5-,6-,7+,8-/m1/s1. The van der Waals surface area contributed by atoms with Gasteiger partial charge >= 0.3 is 0 Å². The van der Waals surface area contributed by atoms with Gasteiger partial charge in [-0.1, -0.05) is 0 Å². The Labute approximate surface area is 98.9 Å². The van der Waals surface area contributed by atoms with Crippen LogP contribution in [0, 0.1) is 0 Å². The molecular formula is C9H20N2O6. The van der Waals surface area contributed by atoms with E-state index in [9.17, 15) is 20.1 Å². The lowest BCUT2D eigenvalue weighted by molar-refractivity contribution is -0.150. The van der Waals surface area contributed by atoms with E-state index in [1.165, 1.54) is 0 Å². The summed E-state index contributed by atoms with van der Waals surface area (Å²) in [4.78, 5) is 11.3. The van der Waals surface area contributed by atoms with Gasteiger partial charge in [-0.2, -0.15) is 0 Å². The molecular weight excluding hydrogens is 232 g/mol. The molecule has 0 unspecified atom stereocenters. The van der Waals surface area contributed by atoms with Gasteiger partial charge in [-0.25, -0.2) is 5.43 Å². The van der Waals surface area contributed by atoms with Crippen LogP contribution in [0.4, 0.5) is 0 Å². The molecule has 0 spiro atoms. The topological polar surface area (TPSA) is 142 Å². The van der Waals surface area contributed by atoms with Gasteiger partial charge in [0.25, 0.3) is 5.91 Å². The molecule has 0 aromatic heterocycles. The largest absolute Gasteiger partial charge is 0.394 e. The zero-order valence-corrected chi connectivity index (χ0v) is 9.74. The molecule has 0 bridgehead atoms. The van der Waals surface area contributed by atoms with E-state index in [1.54, 1.807) is 13.8 Å². The SMILES string of the molecule is CC(C)NNC(=O)[C@H](O)[C@@H](O)[C@H](O)[C@H](O)CO. The molecule has 8 heteroatoms. The van der Waals surface area contributed by atoms with Crippen LogP contribution in [-0.4, -0.2) is 68.5 Å². The van der Waals surface area contributed by atoms with Gasteiger partial charge < -0.3 is 25.5 Å². The Hall–Kier alpha value is -0.770. The number of hydrogen-bond acceptors (Lipinski definition) is 7. The van der Waals surface area contributed by atoms with Crippen LogP contribution >= 0.6 is 0 Å². The maximum atomic E-state index is 11.3. The van der Waals surface area contributed by atoms with E-state index in [-0.39, 0.29) is 6.04 Å². The van der Waals surface area contributed by atoms with Crippen molar-refractivity contribution in [3.8, 4) is 0 Å². The highest BCUT2D eigenvalue weighted by Gasteiger charge is 2.34. The van der Waals surface area contributed by atoms with Gasteiger partial charge in [0, 0.05) is 6.04 Å². The second-order valence-electron chi connectivity index (χ2n) is 3.96. The van der Waals surface area contributed by atoms with Crippen LogP contribution in [-0.2, 0) is 4.79 Å². The summed E-state index contributed by atoms with van der Waals surface area (Å²) in [7, 11) is 0. The molecule has 102 valence electrons. The molecule has 1 amide bonds. The first-order valence-corrected chi connectivity index (χ1v) is 5.19. The second-order valence-corrected chi connectivity index (χ2v) is 3.96. The van der Waals surface area contributed by atoms with Crippen molar-refractivity contribution in [1.82, 2.24) is 10.9 Å². The molecule has 0 radical (unpaired) electrons. The summed E-state index contributed by atoms with van der Waals surface area (Å²) >= 11 is 0. The molecule has 0 aromatic rings. The number of hydrazine groups is 1. The summed E-state index contributed by atoms with van der Waals surface area (Å²) < 4.78 is 0. The highest BCUT2D eigenvalue weighted by Crippen LogP contribution is 2.05. The van der Waals surface area contributed by atoms with Gasteiger partial charge in [0.05, 0.1) is 6.61 Å². The van der Waals surface area contributed by atoms with Gasteiger partial charge in [0.2, 0.25) is 0 Å². The summed E-state index contributed by atoms with van der Waals surface area (Å²) in [5, 5.41) is 45.5. The van der Waals surface area contributed by atoms with Crippen molar-refractivity contribution in [2.24, 2.45) is 0 Å². The van der Waals surface area contributed by atoms with E-state index in [0.717, 1.165) is 0 Å². The molecule has 0 aliphatic carbocycles. The molecule has 17 heavy (non-hydrogen) atoms. The molecule has 4 atom stereocenters. The van der Waals surface area contributed by atoms with Crippen LogP contribution in [0.25, 0.3) is 0 Å². The third kappa shape index (κ3) is 5.39. The third-order valence-corrected chi connectivity index (χ3v) is 2.01. The van der Waals surface area contributed by atoms with Crippen LogP contribution in [0.1, 0.15) is 13.8 Å². The predicted octanol–water partition coefficient (Wildman–Crippen LogP) is -3.55. The third-order valence-electron chi connectivity index (χ3n) is 2.01. The van der Waals surface area contributed by atoms with E-state index >= 15 is 0 Å². The molecule has 0 aromatic carbocycles. The average molecular weight is 252 g/mol. The fraction of sp³-hybridized carbons (Fsp3) is 0.889. The molecule has 7 N–H and O–H groups in total. The van der Waals surface area contributed by atoms with E-state index in [0.29, 0.717) is 0 Å². The fourth-order valence-electron chi connectivity index (χ4n) is 0.967. The molecule has 0 fully saturated rings. The molecule has 0 rings (SSSR count). The van der Waals surface area contributed by atoms with Crippen molar-refractivity contribution in [1.29, 1.82) is 0 Å². The average Bonchev–Trinajstić information content (AvgIpc) is 2.31. The Morgan fingerprint density at radius 2 is 1.65 bits per heavy atom. The van der Waals surface area contributed by atoms with E-state index in [2.05, 4.69) is 10.9 Å². The minimum absolute atomic E-state index is 0.0729. The normalized spacial score (nSPS) is 18.6. The van der Waals surface area contributed by atoms with Crippen molar-refractivity contribution < 1.29 is 30.3 Å². The maximum Gasteiger partial charge on any atom is 0.265 e. The van der Waals surface area contributed by atoms with Gasteiger partial charge in [0.15, 0.2) is 6.10 Å². The summed E-state index contributed by atoms with van der Waals surface area (Å²) in [5.74, 6) is -0.949. The van der Waals surface area contributed by atoms with E-state index in [4.69, 9.17) is 10.2 Å². The van der Waals surface area contributed by atoms with Gasteiger partial charge in [0.1, 0.15) is 18.3 Å². The molecule has 0 saturated heterocycles. The Balaban J connectivity index is 4.28. The lowest BCUT2D eigenvalue weighted by Crippen LogP contribution is -2.54. The molecule has 0 aliphatic rings. The Kier molecular flexibility index (Phi) is 7.19. The van der Waals surface area contributed by atoms with Crippen LogP contribution in [0.2, 0.25) is 0 Å². The number of aliphatic hydroxyl groups excluding tert-OH is 5. The monoisotopic (exact) mass is 252 g/mol. The number of aliphatic hydroxyl groups is 5. The number of rotatable bonds is 7. The number of nitrogens with one attached hydrogen (secondary N) is 2. The summed E-state index contributed by atoms with van der Waals surface area (Å²) in [6.45, 7) is 2.69. The zero-order chi connectivity index (χ0) is 13.6. The van der Waals surface area contributed by atoms with E-state index in [1.807, 2.05) is 0 Å². The first-order chi connectivity index (χ1) is 7.81. The van der Waals surface area contributed by atoms with E-state index < -0.39 is 36.9 Å². The molecule has 0 saturated carbocycles. The summed E-state index contributed by atoms with van der Waals surface area (Å²) in [6.07, 6.45) is -7.27. The van der Waals surface area contributed by atoms with Crippen LogP contribution in [0.5, 0.6) is 0 Å². The fourth-order valence-corrected chi connectivity index (χ4v) is 0.967. The summed E-state index contributed by atoms with van der Waals surface area (Å²) in [6, 6.07) is -0.0729. The lowest BCUT2D eigenvalue weighted by Gasteiger charge is -2.25. The smallest absolute Gasteiger partial charge is 0.265 e. The molecule has 0 heterocycles. The second kappa shape index (κ2) is 7.54. The van der Waals surface area contributed by atoms with Crippen LogP contribution < -0.4 is 10.9 Å². The maximum absolute atomic E-state index is 11.3. The minimum atomic E-state index is -1.92. The molecule has 0 aliphatic heterocycles. The molecule has 8 nitrogen and oxygen atoms in total. The number of carbonyl (C=O) groups is 1. The van der Waals surface area contributed by atoms with Gasteiger partial charge in [-0.3, -0.25) is 10.2 Å². The quantitative estimate of drug-likeness (QED) is 0.232. The number of hydrogen-bond donors (Lipinski definition) is 7. The first-order valence-electron chi connectivity index (χ1n) is 5.19. The number of amides is 1. The van der Waals surface area contributed by atoms with Crippen molar-refractivity contribution in [2.45, 2.75) is 44.3 Å². The van der Waals surface area contributed by atoms with Crippen LogP contribution in [0.3, 0.4) is 0 Å². The predicted molar refractivity (Wildman–Crippen MR) is 57.5 cm³/mol. The zero-order valence-electron chi connectivity index (χ0n) is 9.74. The minimum Gasteiger partial charge on any atom is -0.394 e. The van der Waals surface area contributed by atoms with Crippen molar-refractivity contribution in [2.75, 3.05) is 6.61 Å². The highest BCUT2D eigenvalue weighted by molar-refractivity contribution is 5.80. The van der Waals surface area contributed by atoms with Crippen molar-refractivity contribution >= 4 is 5.91 Å². The van der Waals surface area contributed by atoms with Crippen LogP contribution in [0.15, 0.2) is 0 Å². The summed E-state index contributed by atoms with van der Waals surface area (Å²) in [5.41, 5.74) is 4.62. The Morgan fingerprint density at radius 3 is 2.06 bits per heavy atom. The Morgan fingerprint density at radius 1 is 1.12 bits per heavy atom. The Bertz CT molecular complexity index is 238. The first kappa shape index (κ1) is 16.2.